The quantitative estimate of drug-likeness (QED) is 0.634. The molecule has 22 heavy (non-hydrogen) atoms. The molecule has 0 aromatic carbocycles. The molecule has 1 rings (SSSR count). The Balaban J connectivity index is 2.60. The maximum atomic E-state index is 12.7. The van der Waals surface area contributed by atoms with E-state index in [0.29, 0.717) is 39.0 Å². The Bertz CT molecular complexity index is 431. The molecule has 1 aliphatic heterocycles. The summed E-state index contributed by atoms with van der Waals surface area (Å²) in [5, 5.41) is 0. The van der Waals surface area contributed by atoms with Crippen LogP contribution in [0, 0.1) is 11.3 Å². The van der Waals surface area contributed by atoms with Crippen LogP contribution < -0.4 is 0 Å². The van der Waals surface area contributed by atoms with Crippen molar-refractivity contribution in [1.29, 1.82) is 0 Å². The number of nitrogens with zero attached hydrogens (tertiary/aromatic N) is 2. The summed E-state index contributed by atoms with van der Waals surface area (Å²) in [6.07, 6.45) is 0.942. The third-order valence-electron chi connectivity index (χ3n) is 4.10. The zero-order valence-electron chi connectivity index (χ0n) is 13.7. The lowest BCUT2D eigenvalue weighted by atomic mass is 9.82. The fourth-order valence-electron chi connectivity index (χ4n) is 2.82. The van der Waals surface area contributed by atoms with Gasteiger partial charge in [-0.3, -0.25) is 14.4 Å². The van der Waals surface area contributed by atoms with Crippen LogP contribution in [-0.4, -0.2) is 53.8 Å². The van der Waals surface area contributed by atoms with Gasteiger partial charge in [-0.25, -0.2) is 0 Å². The summed E-state index contributed by atoms with van der Waals surface area (Å²) in [5.41, 5.74) is -0.624. The molecule has 2 amide bonds. The van der Waals surface area contributed by atoms with Crippen molar-refractivity contribution in [1.82, 2.24) is 9.80 Å². The van der Waals surface area contributed by atoms with E-state index in [2.05, 4.69) is 0 Å². The van der Waals surface area contributed by atoms with Crippen LogP contribution in [0.25, 0.3) is 0 Å². The summed E-state index contributed by atoms with van der Waals surface area (Å²) in [4.78, 5) is 39.5. The largest absolute Gasteiger partial charge is 0.394 e. The molecular formula is C15H25IN2O4. The highest BCUT2D eigenvalue weighted by Crippen LogP contribution is 2.29. The van der Waals surface area contributed by atoms with E-state index in [1.165, 1.54) is 0 Å². The third-order valence-corrected chi connectivity index (χ3v) is 4.53. The van der Waals surface area contributed by atoms with Crippen molar-refractivity contribution in [3.8, 4) is 0 Å². The number of hydrogen-bond acceptors (Lipinski definition) is 4. The van der Waals surface area contributed by atoms with Gasteiger partial charge in [0.2, 0.25) is 11.8 Å². The summed E-state index contributed by atoms with van der Waals surface area (Å²) in [5.74, 6) is -0.465. The minimum absolute atomic E-state index is 0.0317. The van der Waals surface area contributed by atoms with Gasteiger partial charge in [-0.15, -0.1) is 0 Å². The second-order valence-electron chi connectivity index (χ2n) is 6.41. The molecule has 0 aromatic rings. The molecule has 7 heteroatoms. The fourth-order valence-corrected chi connectivity index (χ4v) is 3.26. The van der Waals surface area contributed by atoms with Crippen LogP contribution in [0.4, 0.5) is 0 Å². The van der Waals surface area contributed by atoms with Gasteiger partial charge in [0.15, 0.2) is 23.0 Å². The molecule has 1 fully saturated rings. The first-order chi connectivity index (χ1) is 10.2. The van der Waals surface area contributed by atoms with Crippen molar-refractivity contribution in [2.45, 2.75) is 40.5 Å². The molecule has 6 nitrogen and oxygen atoms in total. The van der Waals surface area contributed by atoms with Gasteiger partial charge in [0, 0.05) is 38.0 Å². The molecule has 0 bridgehead atoms. The highest BCUT2D eigenvalue weighted by atomic mass is 127. The Hall–Kier alpha value is -0.860. The van der Waals surface area contributed by atoms with E-state index in [1.807, 2.05) is 20.8 Å². The SMILES string of the molecule is CCC(=O)N1CCN(C(=O)C(C)(C)CC(C)C(=O)OI)CC1. The first-order valence-corrected chi connectivity index (χ1v) is 8.50. The molecule has 1 aliphatic rings. The summed E-state index contributed by atoms with van der Waals surface area (Å²) in [6, 6.07) is 0. The van der Waals surface area contributed by atoms with Crippen LogP contribution in [0.5, 0.6) is 0 Å². The molecule has 1 heterocycles. The number of hydrogen-bond donors (Lipinski definition) is 0. The number of rotatable bonds is 5. The smallest absolute Gasteiger partial charge is 0.318 e. The summed E-state index contributed by atoms with van der Waals surface area (Å²) >= 11 is 1.57. The Labute approximate surface area is 146 Å². The standard InChI is InChI=1S/C15H25IN2O4/c1-5-12(19)17-6-8-18(9-7-17)14(21)15(3,4)10-11(2)13(20)22-16/h11H,5-10H2,1-4H3. The summed E-state index contributed by atoms with van der Waals surface area (Å²) in [6.45, 7) is 9.61. The van der Waals surface area contributed by atoms with E-state index >= 15 is 0 Å². The molecule has 0 saturated carbocycles. The topological polar surface area (TPSA) is 66.9 Å². The molecule has 1 unspecified atom stereocenters. The number of carbonyl (C=O) groups excluding carboxylic acids is 3. The first-order valence-electron chi connectivity index (χ1n) is 7.62. The van der Waals surface area contributed by atoms with E-state index in [4.69, 9.17) is 3.07 Å². The average Bonchev–Trinajstić information content (AvgIpc) is 2.52. The average molecular weight is 424 g/mol. The normalized spacial score (nSPS) is 17.1. The summed E-state index contributed by atoms with van der Waals surface area (Å²) in [7, 11) is 0. The van der Waals surface area contributed by atoms with Crippen molar-refractivity contribution in [2.24, 2.45) is 11.3 Å². The van der Waals surface area contributed by atoms with E-state index in [9.17, 15) is 14.4 Å². The predicted octanol–water partition coefficient (Wildman–Crippen LogP) is 2.01. The van der Waals surface area contributed by atoms with Gasteiger partial charge >= 0.3 is 5.97 Å². The van der Waals surface area contributed by atoms with Crippen molar-refractivity contribution < 1.29 is 17.4 Å². The van der Waals surface area contributed by atoms with E-state index in [-0.39, 0.29) is 23.7 Å². The molecule has 0 aliphatic carbocycles. The second kappa shape index (κ2) is 8.12. The minimum atomic E-state index is -0.624. The second-order valence-corrected chi connectivity index (χ2v) is 6.85. The van der Waals surface area contributed by atoms with Crippen LogP contribution in [0.2, 0.25) is 0 Å². The Morgan fingerprint density at radius 1 is 1.14 bits per heavy atom. The number of halogens is 1. The minimum Gasteiger partial charge on any atom is -0.394 e. The van der Waals surface area contributed by atoms with Gasteiger partial charge in [0.05, 0.1) is 5.92 Å². The molecule has 0 aromatic heterocycles. The van der Waals surface area contributed by atoms with Gasteiger partial charge in [-0.2, -0.15) is 0 Å². The number of carbonyl (C=O) groups is 3. The maximum Gasteiger partial charge on any atom is 0.318 e. The van der Waals surface area contributed by atoms with E-state index in [0.717, 1.165) is 0 Å². The van der Waals surface area contributed by atoms with Crippen molar-refractivity contribution >= 4 is 40.8 Å². The Morgan fingerprint density at radius 3 is 2.09 bits per heavy atom. The molecular weight excluding hydrogens is 399 g/mol. The molecule has 0 radical (unpaired) electrons. The highest BCUT2D eigenvalue weighted by Gasteiger charge is 2.36. The first kappa shape index (κ1) is 19.2. The monoisotopic (exact) mass is 424 g/mol. The van der Waals surface area contributed by atoms with Crippen LogP contribution in [-0.2, 0) is 17.4 Å². The zero-order chi connectivity index (χ0) is 16.9. The fraction of sp³-hybridized carbons (Fsp3) is 0.800. The van der Waals surface area contributed by atoms with Crippen LogP contribution >= 0.6 is 23.0 Å². The van der Waals surface area contributed by atoms with Gasteiger partial charge in [0.1, 0.15) is 0 Å². The van der Waals surface area contributed by atoms with Gasteiger partial charge in [-0.05, 0) is 6.42 Å². The van der Waals surface area contributed by atoms with Crippen LogP contribution in [0.3, 0.4) is 0 Å². The third kappa shape index (κ3) is 4.82. The van der Waals surface area contributed by atoms with E-state index in [1.54, 1.807) is 39.7 Å². The maximum absolute atomic E-state index is 12.7. The lowest BCUT2D eigenvalue weighted by Gasteiger charge is -2.39. The number of piperazine rings is 1. The highest BCUT2D eigenvalue weighted by molar-refractivity contribution is 14.1. The Kier molecular flexibility index (Phi) is 7.08. The number of amides is 2. The lowest BCUT2D eigenvalue weighted by molar-refractivity contribution is -0.147. The lowest BCUT2D eigenvalue weighted by Crippen LogP contribution is -2.53. The molecule has 0 spiro atoms. The molecule has 0 N–H and O–H groups in total. The molecule has 1 atom stereocenters. The zero-order valence-corrected chi connectivity index (χ0v) is 15.9. The van der Waals surface area contributed by atoms with Crippen molar-refractivity contribution in [2.75, 3.05) is 26.2 Å². The molecule has 1 saturated heterocycles. The van der Waals surface area contributed by atoms with Gasteiger partial charge in [0.25, 0.3) is 0 Å². The molecule has 126 valence electrons. The summed E-state index contributed by atoms with van der Waals surface area (Å²) < 4.78 is 4.70. The van der Waals surface area contributed by atoms with E-state index < -0.39 is 5.41 Å². The van der Waals surface area contributed by atoms with Crippen molar-refractivity contribution in [3.63, 3.8) is 0 Å². The van der Waals surface area contributed by atoms with Gasteiger partial charge in [-0.1, -0.05) is 27.7 Å². The van der Waals surface area contributed by atoms with Gasteiger partial charge < -0.3 is 12.9 Å². The predicted molar refractivity (Wildman–Crippen MR) is 91.1 cm³/mol. The Morgan fingerprint density at radius 2 is 1.64 bits per heavy atom. The van der Waals surface area contributed by atoms with Crippen LogP contribution in [0.15, 0.2) is 0 Å². The van der Waals surface area contributed by atoms with Crippen molar-refractivity contribution in [3.05, 3.63) is 0 Å². The van der Waals surface area contributed by atoms with Crippen LogP contribution in [0.1, 0.15) is 40.5 Å².